The largest absolute Gasteiger partial charge is 0.459 e. The molecule has 28 heavy (non-hydrogen) atoms. The lowest BCUT2D eigenvalue weighted by atomic mass is 10.2. The van der Waals surface area contributed by atoms with Gasteiger partial charge in [0.05, 0.1) is 30.7 Å². The second-order valence-electron chi connectivity index (χ2n) is 6.58. The molecular weight excluding hydrogens is 372 g/mol. The van der Waals surface area contributed by atoms with E-state index in [0.29, 0.717) is 11.6 Å². The Balaban J connectivity index is 1.62. The highest BCUT2D eigenvalue weighted by Gasteiger charge is 2.15. The van der Waals surface area contributed by atoms with Gasteiger partial charge < -0.3 is 9.73 Å². The molecule has 5 heteroatoms. The number of benzene rings is 3. The van der Waals surface area contributed by atoms with Crippen LogP contribution in [0.15, 0.2) is 77.2 Å². The van der Waals surface area contributed by atoms with Crippen molar-refractivity contribution >= 4 is 39.6 Å². The summed E-state index contributed by atoms with van der Waals surface area (Å²) < 4.78 is 5.90. The average Bonchev–Trinajstić information content (AvgIpc) is 3.12. The molecule has 4 nitrogen and oxygen atoms in total. The monoisotopic (exact) mass is 392 g/mol. The standard InChI is InChI=1S/C23H21ClN2O2/c1-16-7-10-19(11-8-16)26(27-2)22-12-9-18(24)14-21(22)25-15-20-13-17-5-3-4-6-23(17)28-20/h3-14,25H,15H2,1-2H3. The third kappa shape index (κ3) is 3.84. The van der Waals surface area contributed by atoms with E-state index in [1.807, 2.05) is 60.7 Å². The molecule has 0 aliphatic carbocycles. The van der Waals surface area contributed by atoms with Crippen molar-refractivity contribution in [1.29, 1.82) is 0 Å². The second kappa shape index (κ2) is 7.97. The highest BCUT2D eigenvalue weighted by molar-refractivity contribution is 6.31. The summed E-state index contributed by atoms with van der Waals surface area (Å²) >= 11 is 6.25. The van der Waals surface area contributed by atoms with E-state index in [-0.39, 0.29) is 0 Å². The number of aryl methyl sites for hydroxylation is 1. The zero-order valence-electron chi connectivity index (χ0n) is 15.8. The number of rotatable bonds is 6. The molecule has 0 aliphatic heterocycles. The van der Waals surface area contributed by atoms with Gasteiger partial charge in [0.15, 0.2) is 0 Å². The molecule has 0 saturated carbocycles. The molecule has 4 aromatic rings. The Hall–Kier alpha value is -2.95. The zero-order valence-corrected chi connectivity index (χ0v) is 16.5. The van der Waals surface area contributed by atoms with E-state index < -0.39 is 0 Å². The van der Waals surface area contributed by atoms with Crippen molar-refractivity contribution in [1.82, 2.24) is 0 Å². The maximum absolute atomic E-state index is 6.25. The number of nitrogens with zero attached hydrogens (tertiary/aromatic N) is 1. The van der Waals surface area contributed by atoms with Gasteiger partial charge >= 0.3 is 0 Å². The van der Waals surface area contributed by atoms with Crippen molar-refractivity contribution in [3.05, 3.63) is 89.1 Å². The summed E-state index contributed by atoms with van der Waals surface area (Å²) in [5, 5.41) is 6.94. The predicted octanol–water partition coefficient (Wildman–Crippen LogP) is 6.71. The molecule has 0 saturated heterocycles. The molecule has 1 heterocycles. The highest BCUT2D eigenvalue weighted by atomic mass is 35.5. The summed E-state index contributed by atoms with van der Waals surface area (Å²) in [6.07, 6.45) is 0. The maximum Gasteiger partial charge on any atom is 0.134 e. The molecular formula is C23H21ClN2O2. The van der Waals surface area contributed by atoms with Crippen LogP contribution in [0.1, 0.15) is 11.3 Å². The minimum atomic E-state index is 0.535. The fourth-order valence-electron chi connectivity index (χ4n) is 3.16. The molecule has 142 valence electrons. The Kier molecular flexibility index (Phi) is 5.24. The van der Waals surface area contributed by atoms with Crippen molar-refractivity contribution in [2.75, 3.05) is 17.5 Å². The van der Waals surface area contributed by atoms with Crippen molar-refractivity contribution < 1.29 is 9.25 Å². The first kappa shape index (κ1) is 18.4. The Morgan fingerprint density at radius 3 is 2.54 bits per heavy atom. The number of hydrogen-bond acceptors (Lipinski definition) is 4. The van der Waals surface area contributed by atoms with Gasteiger partial charge in [-0.1, -0.05) is 47.5 Å². The van der Waals surface area contributed by atoms with Gasteiger partial charge in [-0.2, -0.15) is 0 Å². The van der Waals surface area contributed by atoms with E-state index in [1.165, 1.54) is 5.56 Å². The van der Waals surface area contributed by atoms with Crippen LogP contribution in [-0.4, -0.2) is 7.11 Å². The quantitative estimate of drug-likeness (QED) is 0.370. The third-order valence-corrected chi connectivity index (χ3v) is 4.79. The Labute approximate surface area is 169 Å². The number of hydrogen-bond donors (Lipinski definition) is 1. The molecule has 0 amide bonds. The minimum Gasteiger partial charge on any atom is -0.459 e. The van der Waals surface area contributed by atoms with Crippen molar-refractivity contribution in [2.45, 2.75) is 13.5 Å². The van der Waals surface area contributed by atoms with Gasteiger partial charge in [-0.3, -0.25) is 4.84 Å². The molecule has 4 rings (SSSR count). The van der Waals surface area contributed by atoms with Crippen LogP contribution < -0.4 is 10.4 Å². The van der Waals surface area contributed by atoms with Crippen molar-refractivity contribution in [2.24, 2.45) is 0 Å². The molecule has 1 aromatic heterocycles. The average molecular weight is 393 g/mol. The molecule has 0 unspecified atom stereocenters. The summed E-state index contributed by atoms with van der Waals surface area (Å²) in [6.45, 7) is 2.59. The van der Waals surface area contributed by atoms with Crippen LogP contribution >= 0.6 is 11.6 Å². The van der Waals surface area contributed by atoms with Crippen LogP contribution in [0.5, 0.6) is 0 Å². The van der Waals surface area contributed by atoms with Gasteiger partial charge in [0, 0.05) is 10.4 Å². The molecule has 0 bridgehead atoms. The zero-order chi connectivity index (χ0) is 19.5. The number of fused-ring (bicyclic) bond motifs is 1. The number of anilines is 3. The van der Waals surface area contributed by atoms with Crippen LogP contribution in [0.4, 0.5) is 17.1 Å². The van der Waals surface area contributed by atoms with Gasteiger partial charge in [0.1, 0.15) is 11.3 Å². The Morgan fingerprint density at radius 2 is 1.79 bits per heavy atom. The third-order valence-electron chi connectivity index (χ3n) is 4.56. The van der Waals surface area contributed by atoms with Crippen LogP contribution in [0.3, 0.4) is 0 Å². The lowest BCUT2D eigenvalue weighted by Crippen LogP contribution is -2.17. The van der Waals surface area contributed by atoms with E-state index in [4.69, 9.17) is 20.9 Å². The topological polar surface area (TPSA) is 37.6 Å². The molecule has 0 atom stereocenters. The normalized spacial score (nSPS) is 11.0. The fourth-order valence-corrected chi connectivity index (χ4v) is 3.33. The van der Waals surface area contributed by atoms with Crippen LogP contribution in [0, 0.1) is 6.92 Å². The molecule has 3 aromatic carbocycles. The van der Waals surface area contributed by atoms with E-state index >= 15 is 0 Å². The predicted molar refractivity (Wildman–Crippen MR) is 115 cm³/mol. The van der Waals surface area contributed by atoms with Crippen LogP contribution in [-0.2, 0) is 11.4 Å². The maximum atomic E-state index is 6.25. The lowest BCUT2D eigenvalue weighted by molar-refractivity contribution is 0.202. The molecule has 0 spiro atoms. The molecule has 0 fully saturated rings. The number of furan rings is 1. The van der Waals surface area contributed by atoms with E-state index in [1.54, 1.807) is 12.2 Å². The van der Waals surface area contributed by atoms with E-state index in [0.717, 1.165) is 33.8 Å². The smallest absolute Gasteiger partial charge is 0.134 e. The van der Waals surface area contributed by atoms with E-state index in [9.17, 15) is 0 Å². The Morgan fingerprint density at radius 1 is 1.00 bits per heavy atom. The van der Waals surface area contributed by atoms with Gasteiger partial charge in [-0.25, -0.2) is 5.06 Å². The summed E-state index contributed by atoms with van der Waals surface area (Å²) in [4.78, 5) is 5.67. The number of halogens is 1. The molecule has 0 radical (unpaired) electrons. The van der Waals surface area contributed by atoms with Gasteiger partial charge in [0.25, 0.3) is 0 Å². The van der Waals surface area contributed by atoms with Gasteiger partial charge in [0.2, 0.25) is 0 Å². The summed E-state index contributed by atoms with van der Waals surface area (Å²) in [7, 11) is 1.65. The van der Waals surface area contributed by atoms with Crippen LogP contribution in [0.2, 0.25) is 5.02 Å². The summed E-state index contributed by atoms with van der Waals surface area (Å²) in [5.41, 5.74) is 4.73. The van der Waals surface area contributed by atoms with Crippen LogP contribution in [0.25, 0.3) is 11.0 Å². The first-order chi connectivity index (χ1) is 13.6. The Bertz CT molecular complexity index is 1060. The molecule has 1 N–H and O–H groups in total. The first-order valence-corrected chi connectivity index (χ1v) is 9.43. The van der Waals surface area contributed by atoms with Crippen molar-refractivity contribution in [3.8, 4) is 0 Å². The second-order valence-corrected chi connectivity index (χ2v) is 7.01. The van der Waals surface area contributed by atoms with Crippen molar-refractivity contribution in [3.63, 3.8) is 0 Å². The lowest BCUT2D eigenvalue weighted by Gasteiger charge is -2.25. The number of para-hydroxylation sites is 1. The highest BCUT2D eigenvalue weighted by Crippen LogP contribution is 2.35. The molecule has 0 aliphatic rings. The fraction of sp³-hybridized carbons (Fsp3) is 0.130. The summed E-state index contributed by atoms with van der Waals surface area (Å²) in [5.74, 6) is 0.853. The van der Waals surface area contributed by atoms with Gasteiger partial charge in [-0.05, 0) is 49.4 Å². The van der Waals surface area contributed by atoms with E-state index in [2.05, 4.69) is 24.4 Å². The minimum absolute atomic E-state index is 0.535. The number of nitrogens with one attached hydrogen (secondary N) is 1. The summed E-state index contributed by atoms with van der Waals surface area (Å²) in [6, 6.07) is 23.9. The SMILES string of the molecule is CON(c1ccc(C)cc1)c1ccc(Cl)cc1NCc1cc2ccccc2o1. The van der Waals surface area contributed by atoms with Gasteiger partial charge in [-0.15, -0.1) is 0 Å². The first-order valence-electron chi connectivity index (χ1n) is 9.06.